The lowest BCUT2D eigenvalue weighted by molar-refractivity contribution is -0.157. The third kappa shape index (κ3) is 15.6. The average Bonchev–Trinajstić information content (AvgIpc) is 2.52. The number of hydrogen-bond donors (Lipinski definition) is 0. The minimum absolute atomic E-state index is 0.141. The van der Waals surface area contributed by atoms with Crippen molar-refractivity contribution < 1.29 is 19.1 Å². The first-order valence-corrected chi connectivity index (χ1v) is 9.45. The molecular weight excluding hydrogens is 292 g/mol. The van der Waals surface area contributed by atoms with Gasteiger partial charge in [-0.15, -0.1) is 0 Å². The van der Waals surface area contributed by atoms with E-state index in [4.69, 9.17) is 9.47 Å². The molecule has 0 aromatic heterocycles. The van der Waals surface area contributed by atoms with Gasteiger partial charge >= 0.3 is 11.9 Å². The van der Waals surface area contributed by atoms with Crippen LogP contribution in [0.2, 0.25) is 0 Å². The summed E-state index contributed by atoms with van der Waals surface area (Å²) >= 11 is 0. The predicted octanol–water partition coefficient (Wildman–Crippen LogP) is 5.18. The summed E-state index contributed by atoms with van der Waals surface area (Å²) in [6.45, 7) is 6.39. The molecule has 4 heteroatoms. The van der Waals surface area contributed by atoms with Gasteiger partial charge in [0.2, 0.25) is 0 Å². The molecule has 0 aliphatic rings. The van der Waals surface area contributed by atoms with E-state index in [1.807, 2.05) is 13.8 Å². The summed E-state index contributed by atoms with van der Waals surface area (Å²) in [5.74, 6) is -0.971. The molecule has 0 saturated carbocycles. The second-order valence-electron chi connectivity index (χ2n) is 6.29. The number of esters is 2. The highest BCUT2D eigenvalue weighted by Crippen LogP contribution is 2.10. The van der Waals surface area contributed by atoms with Crippen molar-refractivity contribution >= 4 is 11.9 Å². The molecule has 136 valence electrons. The molecule has 0 rings (SSSR count). The predicted molar refractivity (Wildman–Crippen MR) is 93.3 cm³/mol. The van der Waals surface area contributed by atoms with Crippen LogP contribution >= 0.6 is 0 Å². The average molecular weight is 328 g/mol. The van der Waals surface area contributed by atoms with Crippen LogP contribution in [0.1, 0.15) is 97.8 Å². The van der Waals surface area contributed by atoms with Crippen molar-refractivity contribution in [3.05, 3.63) is 0 Å². The van der Waals surface area contributed by atoms with E-state index in [1.54, 1.807) is 0 Å². The van der Waals surface area contributed by atoms with E-state index in [9.17, 15) is 9.59 Å². The smallest absolute Gasteiger partial charge is 0.317 e. The van der Waals surface area contributed by atoms with E-state index in [0.29, 0.717) is 6.61 Å². The zero-order valence-electron chi connectivity index (χ0n) is 15.4. The highest BCUT2D eigenvalue weighted by atomic mass is 16.6. The first kappa shape index (κ1) is 21.9. The third-order valence-electron chi connectivity index (χ3n) is 3.96. The van der Waals surface area contributed by atoms with Crippen molar-refractivity contribution in [3.63, 3.8) is 0 Å². The van der Waals surface area contributed by atoms with Gasteiger partial charge in [0.1, 0.15) is 6.42 Å². The van der Waals surface area contributed by atoms with Gasteiger partial charge in [0, 0.05) is 0 Å². The van der Waals surface area contributed by atoms with E-state index >= 15 is 0 Å². The van der Waals surface area contributed by atoms with Gasteiger partial charge < -0.3 is 9.47 Å². The van der Waals surface area contributed by atoms with Gasteiger partial charge in [0.05, 0.1) is 12.7 Å². The highest BCUT2D eigenvalue weighted by Gasteiger charge is 2.14. The van der Waals surface area contributed by atoms with Crippen LogP contribution < -0.4 is 0 Å². The van der Waals surface area contributed by atoms with E-state index in [-0.39, 0.29) is 12.5 Å². The molecule has 23 heavy (non-hydrogen) atoms. The topological polar surface area (TPSA) is 52.6 Å². The molecule has 0 spiro atoms. The fraction of sp³-hybridized carbons (Fsp3) is 0.895. The molecule has 1 unspecified atom stereocenters. The Bertz CT molecular complexity index is 302. The second-order valence-corrected chi connectivity index (χ2v) is 6.29. The maximum atomic E-state index is 11.5. The highest BCUT2D eigenvalue weighted by molar-refractivity contribution is 5.91. The maximum absolute atomic E-state index is 11.5. The van der Waals surface area contributed by atoms with Gasteiger partial charge in [-0.2, -0.15) is 0 Å². The summed E-state index contributed by atoms with van der Waals surface area (Å²) in [7, 11) is 0. The molecule has 0 aromatic rings. The van der Waals surface area contributed by atoms with Gasteiger partial charge in [0.25, 0.3) is 0 Å². The molecule has 0 saturated heterocycles. The van der Waals surface area contributed by atoms with Crippen molar-refractivity contribution in [1.82, 2.24) is 0 Å². The Morgan fingerprint density at radius 2 is 1.30 bits per heavy atom. The summed E-state index contributed by atoms with van der Waals surface area (Å²) in [5.41, 5.74) is 0. The largest absolute Gasteiger partial charge is 0.465 e. The minimum Gasteiger partial charge on any atom is -0.465 e. The Morgan fingerprint density at radius 1 is 0.783 bits per heavy atom. The summed E-state index contributed by atoms with van der Waals surface area (Å²) < 4.78 is 10.1. The van der Waals surface area contributed by atoms with Crippen LogP contribution in [0.5, 0.6) is 0 Å². The van der Waals surface area contributed by atoms with E-state index in [1.165, 1.54) is 51.4 Å². The van der Waals surface area contributed by atoms with Crippen LogP contribution in [-0.2, 0) is 19.1 Å². The lowest BCUT2D eigenvalue weighted by Gasteiger charge is -2.10. The van der Waals surface area contributed by atoms with Crippen molar-refractivity contribution in [2.24, 2.45) is 0 Å². The first-order chi connectivity index (χ1) is 11.1. The molecule has 0 aliphatic heterocycles. The van der Waals surface area contributed by atoms with Gasteiger partial charge in [-0.25, -0.2) is 0 Å². The van der Waals surface area contributed by atoms with Crippen LogP contribution in [0.3, 0.4) is 0 Å². The molecule has 0 radical (unpaired) electrons. The van der Waals surface area contributed by atoms with Crippen LogP contribution in [0.15, 0.2) is 0 Å². The third-order valence-corrected chi connectivity index (χ3v) is 3.96. The Labute approximate surface area is 142 Å². The van der Waals surface area contributed by atoms with Crippen molar-refractivity contribution in [2.75, 3.05) is 6.61 Å². The number of hydrogen-bond acceptors (Lipinski definition) is 4. The number of ether oxygens (including phenoxy) is 2. The molecule has 1 atom stereocenters. The van der Waals surface area contributed by atoms with E-state index in [0.717, 1.165) is 19.3 Å². The van der Waals surface area contributed by atoms with Gasteiger partial charge in [0.15, 0.2) is 0 Å². The summed E-state index contributed by atoms with van der Waals surface area (Å²) in [6.07, 6.45) is 12.8. The van der Waals surface area contributed by atoms with Gasteiger partial charge in [-0.3, -0.25) is 9.59 Å². The SMILES string of the molecule is CCCCCCCCCCCCOC(=O)CC(=O)OC(C)CC. The minimum atomic E-state index is -0.493. The Hall–Kier alpha value is -1.06. The maximum Gasteiger partial charge on any atom is 0.317 e. The number of carbonyl (C=O) groups is 2. The first-order valence-electron chi connectivity index (χ1n) is 9.45. The quantitative estimate of drug-likeness (QED) is 0.236. The molecule has 0 aliphatic carbocycles. The zero-order chi connectivity index (χ0) is 17.3. The Morgan fingerprint density at radius 3 is 1.83 bits per heavy atom. The normalized spacial score (nSPS) is 12.0. The lowest BCUT2D eigenvalue weighted by Crippen LogP contribution is -2.18. The van der Waals surface area contributed by atoms with Gasteiger partial charge in [-0.1, -0.05) is 71.6 Å². The van der Waals surface area contributed by atoms with Crippen LogP contribution in [0, 0.1) is 0 Å². The monoisotopic (exact) mass is 328 g/mol. The molecule has 0 heterocycles. The van der Waals surface area contributed by atoms with Crippen LogP contribution in [0.25, 0.3) is 0 Å². The van der Waals surface area contributed by atoms with Crippen LogP contribution in [-0.4, -0.2) is 24.6 Å². The molecule has 0 amide bonds. The lowest BCUT2D eigenvalue weighted by atomic mass is 10.1. The summed E-state index contributed by atoms with van der Waals surface area (Å²) in [4.78, 5) is 22.9. The molecule has 0 N–H and O–H groups in total. The standard InChI is InChI=1S/C19H36O4/c1-4-6-7-8-9-10-11-12-13-14-15-22-18(20)16-19(21)23-17(3)5-2/h17H,4-16H2,1-3H3. The molecule has 0 fully saturated rings. The number of carbonyl (C=O) groups excluding carboxylic acids is 2. The second kappa shape index (κ2) is 15.8. The molecular formula is C19H36O4. The van der Waals surface area contributed by atoms with Crippen LogP contribution in [0.4, 0.5) is 0 Å². The molecule has 0 aromatic carbocycles. The summed E-state index contributed by atoms with van der Waals surface area (Å²) in [6, 6.07) is 0. The molecule has 0 bridgehead atoms. The Balaban J connectivity index is 3.34. The van der Waals surface area contributed by atoms with Crippen molar-refractivity contribution in [1.29, 1.82) is 0 Å². The number of unbranched alkanes of at least 4 members (excludes halogenated alkanes) is 9. The number of rotatable bonds is 15. The summed E-state index contributed by atoms with van der Waals surface area (Å²) in [5, 5.41) is 0. The zero-order valence-corrected chi connectivity index (χ0v) is 15.4. The fourth-order valence-corrected chi connectivity index (χ4v) is 2.29. The van der Waals surface area contributed by atoms with Gasteiger partial charge in [-0.05, 0) is 19.8 Å². The van der Waals surface area contributed by atoms with E-state index in [2.05, 4.69) is 6.92 Å². The fourth-order valence-electron chi connectivity index (χ4n) is 2.29. The molecule has 4 nitrogen and oxygen atoms in total. The van der Waals surface area contributed by atoms with Crippen molar-refractivity contribution in [2.45, 2.75) is 104 Å². The van der Waals surface area contributed by atoms with E-state index < -0.39 is 11.9 Å². The Kier molecular flexibility index (Phi) is 15.1. The van der Waals surface area contributed by atoms with Crippen molar-refractivity contribution in [3.8, 4) is 0 Å².